The number of halogens is 1. The fraction of sp³-hybridized carbons (Fsp3) is 0.211. The molecule has 3 rings (SSSR count). The molecule has 24 heavy (non-hydrogen) atoms. The summed E-state index contributed by atoms with van der Waals surface area (Å²) in [6.07, 6.45) is 0. The molecule has 0 fully saturated rings. The van der Waals surface area contributed by atoms with E-state index in [0.717, 1.165) is 10.0 Å². The Bertz CT molecular complexity index is 868. The third kappa shape index (κ3) is 3.04. The maximum absolute atomic E-state index is 12.5. The maximum Gasteiger partial charge on any atom is 0.342 e. The molecule has 1 heterocycles. The molecule has 5 heteroatoms. The second-order valence-electron chi connectivity index (χ2n) is 5.10. The Balaban J connectivity index is 2.27. The van der Waals surface area contributed by atoms with Crippen LogP contribution in [0.5, 0.6) is 5.75 Å². The van der Waals surface area contributed by atoms with E-state index >= 15 is 0 Å². The van der Waals surface area contributed by atoms with Crippen LogP contribution in [0.25, 0.3) is 22.3 Å². The average molecular weight is 389 g/mol. The predicted octanol–water partition coefficient (Wildman–Crippen LogP) is 5.44. The van der Waals surface area contributed by atoms with Gasteiger partial charge in [0.05, 0.1) is 17.7 Å². The van der Waals surface area contributed by atoms with Crippen LogP contribution >= 0.6 is 15.9 Å². The highest BCUT2D eigenvalue weighted by atomic mass is 79.9. The minimum Gasteiger partial charge on any atom is -0.493 e. The second kappa shape index (κ2) is 7.09. The molecule has 3 aromatic rings. The largest absolute Gasteiger partial charge is 0.493 e. The second-order valence-corrected chi connectivity index (χ2v) is 5.96. The molecular weight excluding hydrogens is 372 g/mol. The van der Waals surface area contributed by atoms with Gasteiger partial charge in [0, 0.05) is 10.9 Å². The highest BCUT2D eigenvalue weighted by Gasteiger charge is 2.24. The van der Waals surface area contributed by atoms with Crippen molar-refractivity contribution in [3.8, 4) is 17.1 Å². The van der Waals surface area contributed by atoms with Crippen LogP contribution < -0.4 is 4.74 Å². The fourth-order valence-corrected chi connectivity index (χ4v) is 3.00. The smallest absolute Gasteiger partial charge is 0.342 e. The SMILES string of the molecule is CCOC(=O)c1c(-c2ccccc2)oc2cc(Br)c(OCC)cc12. The molecule has 0 N–H and O–H groups in total. The first-order valence-corrected chi connectivity index (χ1v) is 8.56. The molecule has 0 radical (unpaired) electrons. The molecule has 0 aliphatic rings. The lowest BCUT2D eigenvalue weighted by Gasteiger charge is -2.06. The van der Waals surface area contributed by atoms with Gasteiger partial charge in [-0.15, -0.1) is 0 Å². The van der Waals surface area contributed by atoms with Gasteiger partial charge in [-0.2, -0.15) is 0 Å². The van der Waals surface area contributed by atoms with Crippen molar-refractivity contribution in [1.82, 2.24) is 0 Å². The van der Waals surface area contributed by atoms with Crippen molar-refractivity contribution in [2.45, 2.75) is 13.8 Å². The molecule has 0 saturated carbocycles. The summed E-state index contributed by atoms with van der Waals surface area (Å²) in [5.41, 5.74) is 1.85. The summed E-state index contributed by atoms with van der Waals surface area (Å²) >= 11 is 3.48. The summed E-state index contributed by atoms with van der Waals surface area (Å²) in [6, 6.07) is 13.1. The van der Waals surface area contributed by atoms with E-state index in [1.165, 1.54) is 0 Å². The number of furan rings is 1. The summed E-state index contributed by atoms with van der Waals surface area (Å²) in [6.45, 7) is 4.52. The number of hydrogen-bond acceptors (Lipinski definition) is 4. The molecule has 4 nitrogen and oxygen atoms in total. The summed E-state index contributed by atoms with van der Waals surface area (Å²) in [5.74, 6) is 0.764. The van der Waals surface area contributed by atoms with Crippen molar-refractivity contribution >= 4 is 32.9 Å². The van der Waals surface area contributed by atoms with Crippen LogP contribution in [0.4, 0.5) is 0 Å². The van der Waals surface area contributed by atoms with Gasteiger partial charge in [-0.25, -0.2) is 4.79 Å². The first kappa shape index (κ1) is 16.6. The van der Waals surface area contributed by atoms with E-state index in [1.807, 2.05) is 49.4 Å². The first-order chi connectivity index (χ1) is 11.7. The van der Waals surface area contributed by atoms with Crippen molar-refractivity contribution in [1.29, 1.82) is 0 Å². The van der Waals surface area contributed by atoms with E-state index in [4.69, 9.17) is 13.9 Å². The third-order valence-electron chi connectivity index (χ3n) is 3.56. The van der Waals surface area contributed by atoms with Crippen LogP contribution in [0.3, 0.4) is 0 Å². The highest BCUT2D eigenvalue weighted by molar-refractivity contribution is 9.10. The molecule has 124 valence electrons. The minimum absolute atomic E-state index is 0.300. The number of carbonyl (C=O) groups is 1. The van der Waals surface area contributed by atoms with Gasteiger partial charge in [-0.1, -0.05) is 30.3 Å². The van der Waals surface area contributed by atoms with E-state index in [1.54, 1.807) is 6.92 Å². The Labute approximate surface area is 148 Å². The van der Waals surface area contributed by atoms with Crippen LogP contribution in [0.1, 0.15) is 24.2 Å². The van der Waals surface area contributed by atoms with Gasteiger partial charge >= 0.3 is 5.97 Å². The van der Waals surface area contributed by atoms with Crippen molar-refractivity contribution in [3.05, 3.63) is 52.5 Å². The lowest BCUT2D eigenvalue weighted by molar-refractivity contribution is 0.0529. The summed E-state index contributed by atoms with van der Waals surface area (Å²) in [7, 11) is 0. The molecule has 0 atom stereocenters. The topological polar surface area (TPSA) is 48.7 Å². The fourth-order valence-electron chi connectivity index (χ4n) is 2.56. The monoisotopic (exact) mass is 388 g/mol. The number of ether oxygens (including phenoxy) is 2. The Morgan fingerprint density at radius 3 is 2.54 bits per heavy atom. The molecule has 2 aromatic carbocycles. The summed E-state index contributed by atoms with van der Waals surface area (Å²) in [4.78, 5) is 12.5. The maximum atomic E-state index is 12.5. The molecule has 0 saturated heterocycles. The van der Waals surface area contributed by atoms with Gasteiger partial charge in [0.1, 0.15) is 22.7 Å². The van der Waals surface area contributed by atoms with Crippen LogP contribution in [-0.4, -0.2) is 19.2 Å². The predicted molar refractivity (Wildman–Crippen MR) is 96.5 cm³/mol. The molecule has 0 bridgehead atoms. The average Bonchev–Trinajstić information content (AvgIpc) is 2.95. The van der Waals surface area contributed by atoms with Crippen molar-refractivity contribution < 1.29 is 18.7 Å². The zero-order chi connectivity index (χ0) is 17.1. The minimum atomic E-state index is -0.403. The van der Waals surface area contributed by atoms with E-state index in [0.29, 0.717) is 41.3 Å². The summed E-state index contributed by atoms with van der Waals surface area (Å²) in [5, 5.41) is 0.680. The van der Waals surface area contributed by atoms with Crippen LogP contribution in [0.15, 0.2) is 51.4 Å². The number of carbonyl (C=O) groups excluding carboxylic acids is 1. The van der Waals surface area contributed by atoms with Gasteiger partial charge in [0.25, 0.3) is 0 Å². The Morgan fingerprint density at radius 2 is 1.88 bits per heavy atom. The zero-order valence-corrected chi connectivity index (χ0v) is 15.1. The Kier molecular flexibility index (Phi) is 4.90. The van der Waals surface area contributed by atoms with Gasteiger partial charge in [0.15, 0.2) is 0 Å². The number of rotatable bonds is 5. The van der Waals surface area contributed by atoms with E-state index in [9.17, 15) is 4.79 Å². The third-order valence-corrected chi connectivity index (χ3v) is 4.18. The lowest BCUT2D eigenvalue weighted by Crippen LogP contribution is -2.05. The molecule has 0 spiro atoms. The van der Waals surface area contributed by atoms with Gasteiger partial charge in [-0.05, 0) is 41.9 Å². The molecule has 1 aromatic heterocycles. The molecule has 0 unspecified atom stereocenters. The zero-order valence-electron chi connectivity index (χ0n) is 13.5. The highest BCUT2D eigenvalue weighted by Crippen LogP contribution is 2.39. The van der Waals surface area contributed by atoms with E-state index < -0.39 is 5.97 Å². The van der Waals surface area contributed by atoms with E-state index in [2.05, 4.69) is 15.9 Å². The quantitative estimate of drug-likeness (QED) is 0.546. The Hall–Kier alpha value is -2.27. The molecule has 0 aliphatic carbocycles. The van der Waals surface area contributed by atoms with Crippen LogP contribution in [0.2, 0.25) is 0 Å². The standard InChI is InChI=1S/C19H17BrO4/c1-3-22-16-10-13-15(11-14(16)20)24-18(12-8-6-5-7-9-12)17(13)19(21)23-4-2/h5-11H,3-4H2,1-2H3. The summed E-state index contributed by atoms with van der Waals surface area (Å²) < 4.78 is 17.6. The van der Waals surface area contributed by atoms with Crippen molar-refractivity contribution in [3.63, 3.8) is 0 Å². The lowest BCUT2D eigenvalue weighted by atomic mass is 10.1. The number of esters is 1. The van der Waals surface area contributed by atoms with Crippen LogP contribution in [0, 0.1) is 0 Å². The molecule has 0 amide bonds. The number of benzene rings is 2. The van der Waals surface area contributed by atoms with Crippen LogP contribution in [-0.2, 0) is 4.74 Å². The Morgan fingerprint density at radius 1 is 1.12 bits per heavy atom. The van der Waals surface area contributed by atoms with E-state index in [-0.39, 0.29) is 0 Å². The van der Waals surface area contributed by atoms with Crippen molar-refractivity contribution in [2.75, 3.05) is 13.2 Å². The molecular formula is C19H17BrO4. The normalized spacial score (nSPS) is 10.8. The molecule has 0 aliphatic heterocycles. The first-order valence-electron chi connectivity index (χ1n) is 7.77. The van der Waals surface area contributed by atoms with Crippen molar-refractivity contribution in [2.24, 2.45) is 0 Å². The van der Waals surface area contributed by atoms with Gasteiger partial charge < -0.3 is 13.9 Å². The van der Waals surface area contributed by atoms with Gasteiger partial charge in [-0.3, -0.25) is 0 Å². The van der Waals surface area contributed by atoms with Gasteiger partial charge in [0.2, 0.25) is 0 Å². The number of hydrogen-bond donors (Lipinski definition) is 0. The number of fused-ring (bicyclic) bond motifs is 1.